The van der Waals surface area contributed by atoms with Crippen molar-refractivity contribution >= 4 is 5.97 Å². The predicted molar refractivity (Wildman–Crippen MR) is 90.0 cm³/mol. The Morgan fingerprint density at radius 3 is 2.85 bits per heavy atom. The van der Waals surface area contributed by atoms with Crippen LogP contribution in [0.1, 0.15) is 37.7 Å². The highest BCUT2D eigenvalue weighted by Crippen LogP contribution is 2.48. The maximum absolute atomic E-state index is 12.7. The fraction of sp³-hybridized carbons (Fsp3) is 0.632. The second kappa shape index (κ2) is 7.47. The molecular formula is C19H24F3NO3. The second-order valence-corrected chi connectivity index (χ2v) is 7.37. The third-order valence-electron chi connectivity index (χ3n) is 5.67. The molecule has 2 atom stereocenters. The van der Waals surface area contributed by atoms with E-state index in [2.05, 4.69) is 4.90 Å². The summed E-state index contributed by atoms with van der Waals surface area (Å²) in [6, 6.07) is 4.90. The number of nitrogens with zero attached hydrogens (tertiary/aromatic N) is 1. The van der Waals surface area contributed by atoms with Crippen molar-refractivity contribution in [2.24, 2.45) is 11.3 Å². The minimum Gasteiger partial charge on any atom is -0.494 e. The molecule has 2 fully saturated rings. The first kappa shape index (κ1) is 19.0. The van der Waals surface area contributed by atoms with Crippen molar-refractivity contribution in [1.29, 1.82) is 0 Å². The Morgan fingerprint density at radius 2 is 2.15 bits per heavy atom. The van der Waals surface area contributed by atoms with Crippen LogP contribution in [0.5, 0.6) is 5.75 Å². The van der Waals surface area contributed by atoms with Crippen LogP contribution in [0.4, 0.5) is 13.2 Å². The molecule has 4 nitrogen and oxygen atoms in total. The van der Waals surface area contributed by atoms with Crippen LogP contribution in [-0.4, -0.2) is 42.2 Å². The Hall–Kier alpha value is -1.76. The molecule has 1 aliphatic carbocycles. The van der Waals surface area contributed by atoms with Gasteiger partial charge in [0.25, 0.3) is 0 Å². The molecule has 1 aliphatic heterocycles. The highest BCUT2D eigenvalue weighted by atomic mass is 19.4. The van der Waals surface area contributed by atoms with Gasteiger partial charge in [0.15, 0.2) is 0 Å². The van der Waals surface area contributed by atoms with E-state index in [1.54, 1.807) is 0 Å². The van der Waals surface area contributed by atoms with Crippen LogP contribution in [0.3, 0.4) is 0 Å². The number of alkyl halides is 3. The number of hydrogen-bond donors (Lipinski definition) is 1. The molecule has 26 heavy (non-hydrogen) atoms. The number of rotatable bonds is 7. The highest BCUT2D eigenvalue weighted by Gasteiger charge is 2.54. The minimum absolute atomic E-state index is 0.223. The molecule has 0 amide bonds. The van der Waals surface area contributed by atoms with Crippen LogP contribution < -0.4 is 4.74 Å². The van der Waals surface area contributed by atoms with Gasteiger partial charge in [-0.1, -0.05) is 12.5 Å². The molecule has 1 N–H and O–H groups in total. The normalized spacial score (nSPS) is 26.0. The van der Waals surface area contributed by atoms with Crippen molar-refractivity contribution in [3.05, 3.63) is 29.8 Å². The number of unbranched alkanes of at least 4 members (excludes halogenated alkanes) is 1. The summed E-state index contributed by atoms with van der Waals surface area (Å²) >= 11 is 0. The molecule has 1 aromatic carbocycles. The van der Waals surface area contributed by atoms with Crippen LogP contribution >= 0.6 is 0 Å². The largest absolute Gasteiger partial charge is 0.494 e. The molecule has 1 aromatic rings. The van der Waals surface area contributed by atoms with Crippen LogP contribution in [0.15, 0.2) is 24.3 Å². The Morgan fingerprint density at radius 1 is 1.35 bits per heavy atom. The van der Waals surface area contributed by atoms with Crippen molar-refractivity contribution in [1.82, 2.24) is 4.90 Å². The summed E-state index contributed by atoms with van der Waals surface area (Å²) in [6.07, 6.45) is -0.0641. The van der Waals surface area contributed by atoms with Gasteiger partial charge in [-0.15, -0.1) is 0 Å². The van der Waals surface area contributed by atoms with Gasteiger partial charge >= 0.3 is 12.1 Å². The quantitative estimate of drug-likeness (QED) is 0.735. The fourth-order valence-electron chi connectivity index (χ4n) is 4.30. The number of carboxylic acid groups (broad SMARTS) is 1. The SMILES string of the molecule is O=C(O)[C@@]12CCC[C@H]1CN(CCCCOc1cccc(C(F)(F)F)c1)C2. The summed E-state index contributed by atoms with van der Waals surface area (Å²) in [5.41, 5.74) is -1.27. The number of fused-ring (bicyclic) bond motifs is 1. The van der Waals surface area contributed by atoms with Crippen molar-refractivity contribution in [3.8, 4) is 5.75 Å². The molecule has 7 heteroatoms. The average molecular weight is 371 g/mol. The molecule has 0 spiro atoms. The molecule has 1 heterocycles. The van der Waals surface area contributed by atoms with Crippen molar-refractivity contribution < 1.29 is 27.8 Å². The van der Waals surface area contributed by atoms with E-state index in [1.807, 2.05) is 0 Å². The lowest BCUT2D eigenvalue weighted by Gasteiger charge is -2.23. The first-order valence-electron chi connectivity index (χ1n) is 9.07. The summed E-state index contributed by atoms with van der Waals surface area (Å²) in [5.74, 6) is -0.197. The third kappa shape index (κ3) is 3.98. The zero-order valence-corrected chi connectivity index (χ0v) is 14.6. The standard InChI is InChI=1S/C19H24F3NO3/c20-19(21,22)14-5-3-7-16(11-14)26-10-2-1-9-23-12-15-6-4-8-18(15,13-23)17(24)25/h3,5,7,11,15H,1-2,4,6,8-10,12-13H2,(H,24,25)/t15-,18+/m0/s1. The highest BCUT2D eigenvalue weighted by molar-refractivity contribution is 5.76. The number of ether oxygens (including phenoxy) is 1. The van der Waals surface area contributed by atoms with Gasteiger partial charge in [0.1, 0.15) is 5.75 Å². The topological polar surface area (TPSA) is 49.8 Å². The van der Waals surface area contributed by atoms with E-state index in [-0.39, 0.29) is 11.7 Å². The summed E-state index contributed by atoms with van der Waals surface area (Å²) in [6.45, 7) is 2.60. The predicted octanol–water partition coefficient (Wildman–Crippen LogP) is 4.05. The molecule has 0 unspecified atom stereocenters. The Labute approximate surface area is 150 Å². The lowest BCUT2D eigenvalue weighted by Crippen LogP contribution is -2.35. The number of likely N-dealkylation sites (tertiary alicyclic amines) is 1. The molecule has 0 radical (unpaired) electrons. The van der Waals surface area contributed by atoms with E-state index in [0.717, 1.165) is 57.3 Å². The maximum atomic E-state index is 12.7. The monoisotopic (exact) mass is 371 g/mol. The smallest absolute Gasteiger partial charge is 0.416 e. The zero-order valence-electron chi connectivity index (χ0n) is 14.6. The Bertz CT molecular complexity index is 649. The van der Waals surface area contributed by atoms with Gasteiger partial charge in [0.2, 0.25) is 0 Å². The number of aliphatic carboxylic acids is 1. The first-order chi connectivity index (χ1) is 12.3. The first-order valence-corrected chi connectivity index (χ1v) is 9.07. The van der Waals surface area contributed by atoms with Gasteiger partial charge in [-0.2, -0.15) is 13.2 Å². The van der Waals surface area contributed by atoms with Gasteiger partial charge in [0, 0.05) is 13.1 Å². The zero-order chi connectivity index (χ0) is 18.8. The van der Waals surface area contributed by atoms with Crippen molar-refractivity contribution in [3.63, 3.8) is 0 Å². The summed E-state index contributed by atoms with van der Waals surface area (Å²) in [5, 5.41) is 9.58. The fourth-order valence-corrected chi connectivity index (χ4v) is 4.30. The number of benzene rings is 1. The van der Waals surface area contributed by atoms with Gasteiger partial charge < -0.3 is 14.7 Å². The number of carbonyl (C=O) groups is 1. The van der Waals surface area contributed by atoms with Gasteiger partial charge in [-0.3, -0.25) is 4.79 Å². The van der Waals surface area contributed by atoms with Crippen LogP contribution in [0.2, 0.25) is 0 Å². The Kier molecular flexibility index (Phi) is 5.46. The molecule has 0 aromatic heterocycles. The summed E-state index contributed by atoms with van der Waals surface area (Å²) < 4.78 is 43.4. The third-order valence-corrected chi connectivity index (χ3v) is 5.67. The lowest BCUT2D eigenvalue weighted by molar-refractivity contribution is -0.149. The van der Waals surface area contributed by atoms with E-state index < -0.39 is 23.1 Å². The molecular weight excluding hydrogens is 347 g/mol. The molecule has 144 valence electrons. The lowest BCUT2D eigenvalue weighted by atomic mass is 9.81. The van der Waals surface area contributed by atoms with E-state index in [9.17, 15) is 23.1 Å². The van der Waals surface area contributed by atoms with E-state index in [0.29, 0.717) is 13.2 Å². The van der Waals surface area contributed by atoms with Gasteiger partial charge in [-0.05, 0) is 56.3 Å². The Balaban J connectivity index is 1.40. The van der Waals surface area contributed by atoms with Crippen LogP contribution in [-0.2, 0) is 11.0 Å². The molecule has 0 bridgehead atoms. The number of halogens is 3. The van der Waals surface area contributed by atoms with Crippen LogP contribution in [0, 0.1) is 11.3 Å². The molecule has 2 aliphatic rings. The van der Waals surface area contributed by atoms with Crippen molar-refractivity contribution in [2.45, 2.75) is 38.3 Å². The number of hydrogen-bond acceptors (Lipinski definition) is 3. The van der Waals surface area contributed by atoms with Gasteiger partial charge in [0.05, 0.1) is 17.6 Å². The average Bonchev–Trinajstić information content (AvgIpc) is 3.12. The molecule has 1 saturated heterocycles. The minimum atomic E-state index is -4.37. The van der Waals surface area contributed by atoms with Crippen molar-refractivity contribution in [2.75, 3.05) is 26.2 Å². The summed E-state index contributed by atoms with van der Waals surface area (Å²) in [7, 11) is 0. The second-order valence-electron chi connectivity index (χ2n) is 7.37. The summed E-state index contributed by atoms with van der Waals surface area (Å²) in [4.78, 5) is 13.9. The van der Waals surface area contributed by atoms with E-state index in [4.69, 9.17) is 4.74 Å². The van der Waals surface area contributed by atoms with Gasteiger partial charge in [-0.25, -0.2) is 0 Å². The van der Waals surface area contributed by atoms with E-state index in [1.165, 1.54) is 12.1 Å². The van der Waals surface area contributed by atoms with Crippen LogP contribution in [0.25, 0.3) is 0 Å². The molecule has 3 rings (SSSR count). The number of carboxylic acids is 1. The molecule has 1 saturated carbocycles. The maximum Gasteiger partial charge on any atom is 0.416 e. The van der Waals surface area contributed by atoms with E-state index >= 15 is 0 Å².